The number of carbonyl (C=O) groups is 1. The van der Waals surface area contributed by atoms with Crippen LogP contribution < -0.4 is 10.6 Å². The van der Waals surface area contributed by atoms with Gasteiger partial charge in [0.2, 0.25) is 10.0 Å². The highest BCUT2D eigenvalue weighted by atomic mass is 32.2. The van der Waals surface area contributed by atoms with Crippen molar-refractivity contribution in [3.05, 3.63) is 57.0 Å². The van der Waals surface area contributed by atoms with Gasteiger partial charge in [-0.25, -0.2) is 19.0 Å². The van der Waals surface area contributed by atoms with Gasteiger partial charge in [0.05, 0.1) is 20.9 Å². The topological polar surface area (TPSA) is 145 Å². The van der Waals surface area contributed by atoms with E-state index in [1.165, 1.54) is 42.6 Å². The van der Waals surface area contributed by atoms with Crippen molar-refractivity contribution < 1.29 is 18.1 Å². The summed E-state index contributed by atoms with van der Waals surface area (Å²) in [4.78, 5) is 22.2. The van der Waals surface area contributed by atoms with Gasteiger partial charge in [-0.3, -0.25) is 14.9 Å². The molecule has 0 unspecified atom stereocenters. The minimum Gasteiger partial charge on any atom is -0.267 e. The van der Waals surface area contributed by atoms with Crippen LogP contribution in [0.2, 0.25) is 0 Å². The molecule has 0 aliphatic heterocycles. The molecule has 23 heavy (non-hydrogen) atoms. The summed E-state index contributed by atoms with van der Waals surface area (Å²) in [5.74, 6) is -0.562. The highest BCUT2D eigenvalue weighted by Gasteiger charge is 2.10. The fourth-order valence-corrected chi connectivity index (χ4v) is 2.73. The van der Waals surface area contributed by atoms with E-state index >= 15 is 0 Å². The van der Waals surface area contributed by atoms with Crippen molar-refractivity contribution in [3.8, 4) is 0 Å². The number of amides is 1. The maximum absolute atomic E-state index is 11.8. The number of primary sulfonamides is 1. The fraction of sp³-hybridized carbons (Fsp3) is 0. The lowest BCUT2D eigenvalue weighted by molar-refractivity contribution is -0.380. The Hall–Kier alpha value is -2.63. The third-order valence-electron chi connectivity index (χ3n) is 2.60. The zero-order chi connectivity index (χ0) is 17.0. The molecule has 11 heteroatoms. The molecule has 0 saturated carbocycles. The molecule has 1 aromatic heterocycles. The number of nitro groups is 1. The predicted octanol–water partition coefficient (Wildman–Crippen LogP) is 1.07. The van der Waals surface area contributed by atoms with E-state index in [4.69, 9.17) is 5.14 Å². The zero-order valence-corrected chi connectivity index (χ0v) is 13.0. The molecular weight excluding hydrogens is 344 g/mol. The molecule has 0 spiro atoms. The summed E-state index contributed by atoms with van der Waals surface area (Å²) in [6.45, 7) is 0. The van der Waals surface area contributed by atoms with Crippen molar-refractivity contribution >= 4 is 38.5 Å². The molecule has 2 rings (SSSR count). The second-order valence-electron chi connectivity index (χ2n) is 4.20. The molecule has 9 nitrogen and oxygen atoms in total. The first kappa shape index (κ1) is 16.7. The monoisotopic (exact) mass is 354 g/mol. The lowest BCUT2D eigenvalue weighted by Crippen LogP contribution is -2.18. The molecular formula is C12H10N4O5S2. The minimum absolute atomic E-state index is 0.0311. The summed E-state index contributed by atoms with van der Waals surface area (Å²) in [6.07, 6.45) is 1.27. The Bertz CT molecular complexity index is 871. The SMILES string of the molecule is NS(=O)(=O)c1ccc(C(=O)N/N=C/c2ccc([N+](=O)[O-])s2)cc1. The number of sulfonamides is 1. The molecule has 0 atom stereocenters. The van der Waals surface area contributed by atoms with Crippen LogP contribution in [-0.4, -0.2) is 25.5 Å². The highest BCUT2D eigenvalue weighted by Crippen LogP contribution is 2.22. The van der Waals surface area contributed by atoms with Gasteiger partial charge in [-0.05, 0) is 30.3 Å². The molecule has 1 amide bonds. The van der Waals surface area contributed by atoms with Crippen molar-refractivity contribution in [1.29, 1.82) is 0 Å². The number of rotatable bonds is 5. The van der Waals surface area contributed by atoms with E-state index in [0.717, 1.165) is 11.3 Å². The van der Waals surface area contributed by atoms with Crippen LogP contribution in [0.4, 0.5) is 5.00 Å². The quantitative estimate of drug-likeness (QED) is 0.468. The Labute approximate surface area is 134 Å². The van der Waals surface area contributed by atoms with Crippen LogP contribution >= 0.6 is 11.3 Å². The largest absolute Gasteiger partial charge is 0.324 e. The summed E-state index contributed by atoms with van der Waals surface area (Å²) in [7, 11) is -3.82. The van der Waals surface area contributed by atoms with Crippen molar-refractivity contribution in [2.75, 3.05) is 0 Å². The Morgan fingerprint density at radius 1 is 1.26 bits per heavy atom. The van der Waals surface area contributed by atoms with Crippen molar-refractivity contribution in [2.45, 2.75) is 4.90 Å². The van der Waals surface area contributed by atoms with Crippen LogP contribution in [-0.2, 0) is 10.0 Å². The van der Waals surface area contributed by atoms with E-state index in [2.05, 4.69) is 10.5 Å². The third-order valence-corrected chi connectivity index (χ3v) is 4.50. The first-order valence-corrected chi connectivity index (χ1v) is 8.34. The van der Waals surface area contributed by atoms with Gasteiger partial charge >= 0.3 is 5.00 Å². The number of benzene rings is 1. The number of thiophene rings is 1. The van der Waals surface area contributed by atoms with Gasteiger partial charge in [-0.15, -0.1) is 0 Å². The fourth-order valence-electron chi connectivity index (χ4n) is 1.52. The van der Waals surface area contributed by atoms with Crippen LogP contribution in [0, 0.1) is 10.1 Å². The van der Waals surface area contributed by atoms with E-state index in [-0.39, 0.29) is 15.5 Å². The average molecular weight is 354 g/mol. The summed E-state index contributed by atoms with van der Waals surface area (Å²) in [5.41, 5.74) is 2.42. The van der Waals surface area contributed by atoms with Crippen LogP contribution in [0.25, 0.3) is 0 Å². The van der Waals surface area contributed by atoms with E-state index in [0.29, 0.717) is 4.88 Å². The average Bonchev–Trinajstić information content (AvgIpc) is 2.95. The number of hydrogen-bond acceptors (Lipinski definition) is 7. The van der Waals surface area contributed by atoms with Crippen LogP contribution in [0.15, 0.2) is 46.4 Å². The molecule has 3 N–H and O–H groups in total. The second kappa shape index (κ2) is 6.64. The third kappa shape index (κ3) is 4.42. The molecule has 120 valence electrons. The zero-order valence-electron chi connectivity index (χ0n) is 11.4. The van der Waals surface area contributed by atoms with Gasteiger partial charge in [0.1, 0.15) is 0 Å². The van der Waals surface area contributed by atoms with Crippen LogP contribution in [0.1, 0.15) is 15.2 Å². The first-order chi connectivity index (χ1) is 10.8. The van der Waals surface area contributed by atoms with E-state index in [9.17, 15) is 23.3 Å². The van der Waals surface area contributed by atoms with Crippen molar-refractivity contribution in [1.82, 2.24) is 5.43 Å². The first-order valence-electron chi connectivity index (χ1n) is 5.98. The Kier molecular flexibility index (Phi) is 4.83. The van der Waals surface area contributed by atoms with Crippen molar-refractivity contribution in [3.63, 3.8) is 0 Å². The Balaban J connectivity index is 2.01. The Morgan fingerprint density at radius 2 is 1.91 bits per heavy atom. The molecule has 0 aliphatic carbocycles. The van der Waals surface area contributed by atoms with Gasteiger partial charge < -0.3 is 0 Å². The summed E-state index contributed by atoms with van der Waals surface area (Å²) in [6, 6.07) is 7.83. The minimum atomic E-state index is -3.82. The number of nitrogens with one attached hydrogen (secondary N) is 1. The summed E-state index contributed by atoms with van der Waals surface area (Å²) in [5, 5.41) is 19.1. The lowest BCUT2D eigenvalue weighted by atomic mass is 10.2. The van der Waals surface area contributed by atoms with E-state index in [1.54, 1.807) is 0 Å². The lowest BCUT2D eigenvalue weighted by Gasteiger charge is -2.01. The van der Waals surface area contributed by atoms with Gasteiger partial charge in [-0.2, -0.15) is 5.10 Å². The number of nitrogens with zero attached hydrogens (tertiary/aromatic N) is 2. The molecule has 1 heterocycles. The molecule has 0 fully saturated rings. The maximum Gasteiger partial charge on any atom is 0.324 e. The van der Waals surface area contributed by atoms with Crippen molar-refractivity contribution in [2.24, 2.45) is 10.2 Å². The number of hydrazone groups is 1. The van der Waals surface area contributed by atoms with Gasteiger partial charge in [0.25, 0.3) is 5.91 Å². The standard InChI is InChI=1S/C12H10N4O5S2/c13-23(20,21)10-4-1-8(2-5-10)12(17)15-14-7-9-3-6-11(22-9)16(18)19/h1-7H,(H,15,17)(H2,13,20,21)/b14-7+. The summed E-state index contributed by atoms with van der Waals surface area (Å²) < 4.78 is 22.2. The van der Waals surface area contributed by atoms with Gasteiger partial charge in [-0.1, -0.05) is 11.3 Å². The molecule has 0 aliphatic rings. The smallest absolute Gasteiger partial charge is 0.267 e. The van der Waals surface area contributed by atoms with Gasteiger partial charge in [0.15, 0.2) is 0 Å². The van der Waals surface area contributed by atoms with Crippen LogP contribution in [0.3, 0.4) is 0 Å². The predicted molar refractivity (Wildman–Crippen MR) is 83.8 cm³/mol. The molecule has 0 bridgehead atoms. The molecule has 2 aromatic rings. The number of nitrogens with two attached hydrogens (primary N) is 1. The van der Waals surface area contributed by atoms with E-state index < -0.39 is 20.9 Å². The number of hydrogen-bond donors (Lipinski definition) is 2. The normalized spacial score (nSPS) is 11.5. The second-order valence-corrected chi connectivity index (χ2v) is 6.86. The summed E-state index contributed by atoms with van der Waals surface area (Å²) >= 11 is 0.913. The molecule has 1 aromatic carbocycles. The molecule has 0 radical (unpaired) electrons. The number of carbonyl (C=O) groups excluding carboxylic acids is 1. The molecule has 0 saturated heterocycles. The Morgan fingerprint density at radius 3 is 2.43 bits per heavy atom. The van der Waals surface area contributed by atoms with Crippen LogP contribution in [0.5, 0.6) is 0 Å². The van der Waals surface area contributed by atoms with Gasteiger partial charge in [0, 0.05) is 11.6 Å². The van der Waals surface area contributed by atoms with E-state index in [1.807, 2.05) is 0 Å². The maximum atomic E-state index is 11.8. The highest BCUT2D eigenvalue weighted by molar-refractivity contribution is 7.89.